The van der Waals surface area contributed by atoms with Gasteiger partial charge in [0.05, 0.1) is 16.5 Å². The molecule has 1 saturated carbocycles. The second kappa shape index (κ2) is 8.49. The Morgan fingerprint density at radius 2 is 2.05 bits per heavy atom. The fourth-order valence-electron chi connectivity index (χ4n) is 2.73. The van der Waals surface area contributed by atoms with Gasteiger partial charge in [-0.05, 0) is 59.4 Å². The summed E-state index contributed by atoms with van der Waals surface area (Å²) in [4.78, 5) is 0.233. The molecule has 0 aliphatic heterocycles. The molecule has 126 valence electrons. The van der Waals surface area contributed by atoms with Crippen molar-refractivity contribution in [1.82, 2.24) is 4.72 Å². The van der Waals surface area contributed by atoms with Gasteiger partial charge in [-0.25, -0.2) is 13.1 Å². The molecule has 2 atom stereocenters. The summed E-state index contributed by atoms with van der Waals surface area (Å²) in [5.74, 6) is 0.821. The summed E-state index contributed by atoms with van der Waals surface area (Å²) in [6.45, 7) is 0.513. The van der Waals surface area contributed by atoms with E-state index in [2.05, 4.69) is 20.7 Å². The average Bonchev–Trinajstić information content (AvgIpc) is 2.47. The zero-order valence-electron chi connectivity index (χ0n) is 12.4. The van der Waals surface area contributed by atoms with Crippen molar-refractivity contribution < 1.29 is 13.2 Å². The molecular weight excluding hydrogens is 392 g/mol. The van der Waals surface area contributed by atoms with Crippen LogP contribution in [0.15, 0.2) is 27.6 Å². The lowest BCUT2D eigenvalue weighted by Gasteiger charge is -2.31. The molecule has 3 N–H and O–H groups in total. The van der Waals surface area contributed by atoms with Crippen LogP contribution in [0.4, 0.5) is 0 Å². The van der Waals surface area contributed by atoms with Gasteiger partial charge in [0.15, 0.2) is 0 Å². The lowest BCUT2D eigenvalue weighted by atomic mass is 9.85. The van der Waals surface area contributed by atoms with Crippen molar-refractivity contribution in [2.75, 3.05) is 13.7 Å². The molecule has 22 heavy (non-hydrogen) atoms. The van der Waals surface area contributed by atoms with E-state index in [4.69, 9.17) is 10.5 Å². The normalized spacial score (nSPS) is 22.0. The topological polar surface area (TPSA) is 81.4 Å². The van der Waals surface area contributed by atoms with Crippen LogP contribution in [-0.4, -0.2) is 28.1 Å². The van der Waals surface area contributed by atoms with Gasteiger partial charge in [0, 0.05) is 6.04 Å². The Labute approximate surface area is 146 Å². The van der Waals surface area contributed by atoms with Gasteiger partial charge in [0.25, 0.3) is 0 Å². The predicted octanol–water partition coefficient (Wildman–Crippen LogP) is 2.68. The van der Waals surface area contributed by atoms with Gasteiger partial charge < -0.3 is 10.5 Å². The number of benzene rings is 1. The number of sulfonamides is 1. The van der Waals surface area contributed by atoms with Crippen LogP contribution in [0.2, 0.25) is 0 Å². The van der Waals surface area contributed by atoms with Gasteiger partial charge in [-0.2, -0.15) is 0 Å². The highest BCUT2D eigenvalue weighted by atomic mass is 79.9. The molecule has 0 amide bonds. The van der Waals surface area contributed by atoms with Crippen LogP contribution >= 0.6 is 28.3 Å². The van der Waals surface area contributed by atoms with Crippen LogP contribution in [0, 0.1) is 5.92 Å². The number of hydrogen-bond donors (Lipinski definition) is 2. The van der Waals surface area contributed by atoms with E-state index >= 15 is 0 Å². The monoisotopic (exact) mass is 412 g/mol. The first-order valence-electron chi connectivity index (χ1n) is 7.04. The molecule has 0 bridgehead atoms. The summed E-state index contributed by atoms with van der Waals surface area (Å²) < 4.78 is 33.5. The minimum Gasteiger partial charge on any atom is -0.496 e. The van der Waals surface area contributed by atoms with E-state index in [-0.39, 0.29) is 29.3 Å². The summed E-state index contributed by atoms with van der Waals surface area (Å²) in [5.41, 5.74) is 5.75. The van der Waals surface area contributed by atoms with E-state index in [1.807, 2.05) is 0 Å². The molecule has 0 radical (unpaired) electrons. The number of ether oxygens (including phenoxy) is 1. The first-order chi connectivity index (χ1) is 9.97. The van der Waals surface area contributed by atoms with E-state index in [0.29, 0.717) is 16.8 Å². The van der Waals surface area contributed by atoms with Gasteiger partial charge in [-0.3, -0.25) is 0 Å². The third-order valence-electron chi connectivity index (χ3n) is 3.95. The molecule has 1 aliphatic rings. The summed E-state index contributed by atoms with van der Waals surface area (Å²) in [7, 11) is -2.00. The zero-order valence-corrected chi connectivity index (χ0v) is 15.6. The Balaban J connectivity index is 0.00000242. The zero-order chi connectivity index (χ0) is 15.5. The van der Waals surface area contributed by atoms with Gasteiger partial charge in [0.2, 0.25) is 10.0 Å². The minimum absolute atomic E-state index is 0. The Hall–Kier alpha value is -0.340. The number of hydrogen-bond acceptors (Lipinski definition) is 4. The quantitative estimate of drug-likeness (QED) is 0.777. The lowest BCUT2D eigenvalue weighted by Crippen LogP contribution is -2.44. The lowest BCUT2D eigenvalue weighted by molar-refractivity contribution is 0.296. The SMILES string of the molecule is COc1ccc(S(=O)(=O)NC2CCCCC2CN)cc1Br.Cl. The third kappa shape index (κ3) is 4.58. The maximum absolute atomic E-state index is 12.5. The predicted molar refractivity (Wildman–Crippen MR) is 93.1 cm³/mol. The maximum atomic E-state index is 12.5. The van der Waals surface area contributed by atoms with Crippen LogP contribution in [0.25, 0.3) is 0 Å². The Kier molecular flexibility index (Phi) is 7.61. The number of nitrogens with two attached hydrogens (primary N) is 1. The van der Waals surface area contributed by atoms with E-state index in [0.717, 1.165) is 25.7 Å². The van der Waals surface area contributed by atoms with Crippen LogP contribution in [0.3, 0.4) is 0 Å². The highest BCUT2D eigenvalue weighted by molar-refractivity contribution is 9.10. The van der Waals surface area contributed by atoms with Crippen molar-refractivity contribution in [1.29, 1.82) is 0 Å². The van der Waals surface area contributed by atoms with Crippen molar-refractivity contribution >= 4 is 38.4 Å². The number of halogens is 2. The summed E-state index contributed by atoms with van der Waals surface area (Å²) in [6, 6.07) is 4.67. The van der Waals surface area contributed by atoms with Crippen LogP contribution in [0.1, 0.15) is 25.7 Å². The van der Waals surface area contributed by atoms with Crippen LogP contribution in [0.5, 0.6) is 5.75 Å². The molecule has 0 heterocycles. The first kappa shape index (κ1) is 19.7. The first-order valence-corrected chi connectivity index (χ1v) is 9.31. The number of methoxy groups -OCH3 is 1. The van der Waals surface area contributed by atoms with Gasteiger partial charge in [-0.1, -0.05) is 12.8 Å². The fourth-order valence-corrected chi connectivity index (χ4v) is 4.78. The van der Waals surface area contributed by atoms with Gasteiger partial charge >= 0.3 is 0 Å². The van der Waals surface area contributed by atoms with Gasteiger partial charge in [0.1, 0.15) is 5.75 Å². The van der Waals surface area contributed by atoms with Crippen LogP contribution in [-0.2, 0) is 10.0 Å². The maximum Gasteiger partial charge on any atom is 0.240 e. The molecule has 5 nitrogen and oxygen atoms in total. The van der Waals surface area contributed by atoms with E-state index in [1.165, 1.54) is 0 Å². The van der Waals surface area contributed by atoms with Crippen molar-refractivity contribution in [3.05, 3.63) is 22.7 Å². The van der Waals surface area contributed by atoms with Crippen molar-refractivity contribution in [3.8, 4) is 5.75 Å². The second-order valence-electron chi connectivity index (χ2n) is 5.30. The molecule has 1 aromatic carbocycles. The highest BCUT2D eigenvalue weighted by Crippen LogP contribution is 2.29. The fraction of sp³-hybridized carbons (Fsp3) is 0.571. The standard InChI is InChI=1S/C14H21BrN2O3S.ClH/c1-20-14-7-6-11(8-12(14)15)21(18,19)17-13-5-3-2-4-10(13)9-16;/h6-8,10,13,17H,2-5,9,16H2,1H3;1H. The molecule has 0 saturated heterocycles. The van der Waals surface area contributed by atoms with Crippen molar-refractivity contribution in [3.63, 3.8) is 0 Å². The third-order valence-corrected chi connectivity index (χ3v) is 6.06. The summed E-state index contributed by atoms with van der Waals surface area (Å²) >= 11 is 3.31. The molecule has 1 fully saturated rings. The summed E-state index contributed by atoms with van der Waals surface area (Å²) in [6.07, 6.45) is 3.98. The van der Waals surface area contributed by atoms with Crippen LogP contribution < -0.4 is 15.2 Å². The van der Waals surface area contributed by atoms with E-state index in [1.54, 1.807) is 25.3 Å². The second-order valence-corrected chi connectivity index (χ2v) is 7.87. The summed E-state index contributed by atoms with van der Waals surface area (Å²) in [5, 5.41) is 0. The molecule has 2 unspecified atom stereocenters. The average molecular weight is 414 g/mol. The van der Waals surface area contributed by atoms with E-state index < -0.39 is 10.0 Å². The largest absolute Gasteiger partial charge is 0.496 e. The molecule has 0 spiro atoms. The van der Waals surface area contributed by atoms with Crippen molar-refractivity contribution in [2.45, 2.75) is 36.6 Å². The molecule has 2 rings (SSSR count). The molecule has 8 heteroatoms. The Morgan fingerprint density at radius 1 is 1.36 bits per heavy atom. The number of rotatable bonds is 5. The molecule has 1 aliphatic carbocycles. The van der Waals surface area contributed by atoms with E-state index in [9.17, 15) is 8.42 Å². The van der Waals surface area contributed by atoms with Crippen molar-refractivity contribution in [2.24, 2.45) is 11.7 Å². The minimum atomic E-state index is -3.54. The van der Waals surface area contributed by atoms with Gasteiger partial charge in [-0.15, -0.1) is 12.4 Å². The molecular formula is C14H22BrClN2O3S. The Morgan fingerprint density at radius 3 is 2.64 bits per heavy atom. The molecule has 1 aromatic rings. The highest BCUT2D eigenvalue weighted by Gasteiger charge is 2.28. The number of nitrogens with one attached hydrogen (secondary N) is 1. The molecule has 0 aromatic heterocycles. The Bertz CT molecular complexity index is 598. The smallest absolute Gasteiger partial charge is 0.240 e.